The number of hydrogen-bond donors (Lipinski definition) is 0. The van der Waals surface area contributed by atoms with Crippen LogP contribution in [0.25, 0.3) is 0 Å². The number of rotatable bonds is 2. The largest absolute Gasteiger partial charge is 0.339 e. The molecule has 1 aromatic rings. The van der Waals surface area contributed by atoms with E-state index in [-0.39, 0.29) is 11.8 Å². The van der Waals surface area contributed by atoms with Crippen LogP contribution >= 0.6 is 0 Å². The van der Waals surface area contributed by atoms with Gasteiger partial charge in [0.1, 0.15) is 0 Å². The number of amides is 2. The van der Waals surface area contributed by atoms with E-state index in [0.717, 1.165) is 18.4 Å². The summed E-state index contributed by atoms with van der Waals surface area (Å²) in [6.07, 6.45) is 5.26. The molecule has 2 amide bonds. The van der Waals surface area contributed by atoms with Gasteiger partial charge in [-0.1, -0.05) is 13.0 Å². The van der Waals surface area contributed by atoms with Crippen LogP contribution in [0, 0.1) is 0 Å². The van der Waals surface area contributed by atoms with Gasteiger partial charge in [0.25, 0.3) is 5.91 Å². The van der Waals surface area contributed by atoms with Gasteiger partial charge in [-0.2, -0.15) is 0 Å². The van der Waals surface area contributed by atoms with E-state index < -0.39 is 0 Å². The zero-order chi connectivity index (χ0) is 15.5. The first-order valence-electron chi connectivity index (χ1n) is 8.38. The highest BCUT2D eigenvalue weighted by Crippen LogP contribution is 2.23. The normalized spacial score (nSPS) is 18.0. The lowest BCUT2D eigenvalue weighted by Crippen LogP contribution is -2.50. The fraction of sp³-hybridized carbons (Fsp3) is 0.556. The van der Waals surface area contributed by atoms with Gasteiger partial charge in [0, 0.05) is 38.2 Å². The van der Waals surface area contributed by atoms with E-state index >= 15 is 0 Å². The van der Waals surface area contributed by atoms with Gasteiger partial charge in [0.05, 0.1) is 0 Å². The summed E-state index contributed by atoms with van der Waals surface area (Å²) >= 11 is 0. The minimum absolute atomic E-state index is 0.108. The highest BCUT2D eigenvalue weighted by Gasteiger charge is 2.24. The second-order valence-electron chi connectivity index (χ2n) is 6.22. The Labute approximate surface area is 132 Å². The number of hydrogen-bond acceptors (Lipinski definition) is 2. The molecule has 1 aliphatic heterocycles. The minimum atomic E-state index is 0.108. The highest BCUT2D eigenvalue weighted by atomic mass is 16.2. The Bertz CT molecular complexity index is 574. The maximum Gasteiger partial charge on any atom is 0.253 e. The predicted octanol–water partition coefficient (Wildman–Crippen LogP) is 2.26. The van der Waals surface area contributed by atoms with E-state index in [4.69, 9.17) is 0 Å². The molecule has 3 rings (SSSR count). The lowest BCUT2D eigenvalue weighted by atomic mass is 9.90. The van der Waals surface area contributed by atoms with E-state index in [2.05, 4.69) is 12.1 Å². The van der Waals surface area contributed by atoms with E-state index in [1.54, 1.807) is 0 Å². The van der Waals surface area contributed by atoms with Gasteiger partial charge in [0.2, 0.25) is 5.91 Å². The van der Waals surface area contributed by atoms with Crippen molar-refractivity contribution in [2.45, 2.75) is 39.0 Å². The van der Waals surface area contributed by atoms with Crippen LogP contribution in [0.2, 0.25) is 0 Å². The molecule has 2 aliphatic rings. The number of piperazine rings is 1. The lowest BCUT2D eigenvalue weighted by Gasteiger charge is -2.34. The zero-order valence-corrected chi connectivity index (χ0v) is 13.3. The van der Waals surface area contributed by atoms with Gasteiger partial charge < -0.3 is 9.80 Å². The third-order valence-electron chi connectivity index (χ3n) is 4.82. The van der Waals surface area contributed by atoms with E-state index in [9.17, 15) is 9.59 Å². The third kappa shape index (κ3) is 3.01. The summed E-state index contributed by atoms with van der Waals surface area (Å²) < 4.78 is 0. The summed E-state index contributed by atoms with van der Waals surface area (Å²) in [4.78, 5) is 28.1. The van der Waals surface area contributed by atoms with Crippen molar-refractivity contribution in [2.24, 2.45) is 0 Å². The van der Waals surface area contributed by atoms with Crippen LogP contribution in [0.3, 0.4) is 0 Å². The number of benzene rings is 1. The first-order chi connectivity index (χ1) is 10.7. The summed E-state index contributed by atoms with van der Waals surface area (Å²) in [5, 5.41) is 0. The Hall–Kier alpha value is -1.84. The monoisotopic (exact) mass is 300 g/mol. The summed E-state index contributed by atoms with van der Waals surface area (Å²) in [6, 6.07) is 6.18. The second-order valence-corrected chi connectivity index (χ2v) is 6.22. The molecule has 0 saturated carbocycles. The Kier molecular flexibility index (Phi) is 4.46. The van der Waals surface area contributed by atoms with Gasteiger partial charge in [-0.25, -0.2) is 0 Å². The van der Waals surface area contributed by atoms with Crippen LogP contribution < -0.4 is 0 Å². The highest BCUT2D eigenvalue weighted by molar-refractivity contribution is 5.94. The van der Waals surface area contributed by atoms with Crippen molar-refractivity contribution < 1.29 is 9.59 Å². The number of carbonyl (C=O) groups excluding carboxylic acids is 2. The lowest BCUT2D eigenvalue weighted by molar-refractivity contribution is -0.132. The smallest absolute Gasteiger partial charge is 0.253 e. The Morgan fingerprint density at radius 2 is 1.59 bits per heavy atom. The van der Waals surface area contributed by atoms with Crippen molar-refractivity contribution in [3.05, 3.63) is 34.9 Å². The Balaban J connectivity index is 1.66. The zero-order valence-electron chi connectivity index (χ0n) is 13.3. The maximum atomic E-state index is 12.7. The molecule has 0 spiro atoms. The summed E-state index contributed by atoms with van der Waals surface area (Å²) in [7, 11) is 0. The number of aryl methyl sites for hydroxylation is 2. The van der Waals surface area contributed by atoms with Crippen LogP contribution in [0.1, 0.15) is 47.7 Å². The molecule has 4 heteroatoms. The Morgan fingerprint density at radius 1 is 0.955 bits per heavy atom. The van der Waals surface area contributed by atoms with Crippen molar-refractivity contribution in [3.8, 4) is 0 Å². The van der Waals surface area contributed by atoms with Crippen LogP contribution in [-0.4, -0.2) is 47.8 Å². The topological polar surface area (TPSA) is 40.6 Å². The van der Waals surface area contributed by atoms with Crippen LogP contribution in [0.5, 0.6) is 0 Å². The number of carbonyl (C=O) groups is 2. The quantitative estimate of drug-likeness (QED) is 0.840. The first-order valence-corrected chi connectivity index (χ1v) is 8.38. The second kappa shape index (κ2) is 6.51. The van der Waals surface area contributed by atoms with Gasteiger partial charge >= 0.3 is 0 Å². The fourth-order valence-corrected chi connectivity index (χ4v) is 3.43. The molecule has 1 saturated heterocycles. The van der Waals surface area contributed by atoms with E-state index in [0.29, 0.717) is 32.6 Å². The SMILES string of the molecule is CCC(=O)N1CCN(C(=O)c2ccc3c(c2)CCCC3)CC1. The minimum Gasteiger partial charge on any atom is -0.339 e. The van der Waals surface area contributed by atoms with E-state index in [1.165, 1.54) is 24.0 Å². The molecule has 1 fully saturated rings. The molecule has 1 heterocycles. The average Bonchev–Trinajstić information content (AvgIpc) is 2.60. The molecule has 0 unspecified atom stereocenters. The molecule has 0 aromatic heterocycles. The molecule has 22 heavy (non-hydrogen) atoms. The predicted molar refractivity (Wildman–Crippen MR) is 85.9 cm³/mol. The third-order valence-corrected chi connectivity index (χ3v) is 4.82. The average molecular weight is 300 g/mol. The first kappa shape index (κ1) is 15.1. The van der Waals surface area contributed by atoms with Crippen molar-refractivity contribution in [1.82, 2.24) is 9.80 Å². The fourth-order valence-electron chi connectivity index (χ4n) is 3.43. The molecule has 1 aromatic carbocycles. The molecule has 118 valence electrons. The van der Waals surface area contributed by atoms with Crippen molar-refractivity contribution in [2.75, 3.05) is 26.2 Å². The van der Waals surface area contributed by atoms with Gasteiger partial charge in [-0.15, -0.1) is 0 Å². The van der Waals surface area contributed by atoms with Crippen molar-refractivity contribution >= 4 is 11.8 Å². The van der Waals surface area contributed by atoms with Gasteiger partial charge in [-0.3, -0.25) is 9.59 Å². The molecule has 0 radical (unpaired) electrons. The van der Waals surface area contributed by atoms with Gasteiger partial charge in [-0.05, 0) is 48.9 Å². The summed E-state index contributed by atoms with van der Waals surface area (Å²) in [6.45, 7) is 4.48. The maximum absolute atomic E-state index is 12.7. The molecular formula is C18H24N2O2. The molecule has 0 bridgehead atoms. The van der Waals surface area contributed by atoms with E-state index in [1.807, 2.05) is 22.8 Å². The van der Waals surface area contributed by atoms with Crippen molar-refractivity contribution in [3.63, 3.8) is 0 Å². The molecule has 0 N–H and O–H groups in total. The summed E-state index contributed by atoms with van der Waals surface area (Å²) in [5.74, 6) is 0.290. The molecular weight excluding hydrogens is 276 g/mol. The summed E-state index contributed by atoms with van der Waals surface area (Å²) in [5.41, 5.74) is 3.55. The van der Waals surface area contributed by atoms with Crippen molar-refractivity contribution in [1.29, 1.82) is 0 Å². The van der Waals surface area contributed by atoms with Crippen LogP contribution in [-0.2, 0) is 17.6 Å². The van der Waals surface area contributed by atoms with Gasteiger partial charge in [0.15, 0.2) is 0 Å². The molecule has 4 nitrogen and oxygen atoms in total. The standard InChI is InChI=1S/C18H24N2O2/c1-2-17(21)19-9-11-20(12-10-19)18(22)16-8-7-14-5-3-4-6-15(14)13-16/h7-8,13H,2-6,9-12H2,1H3. The molecule has 1 aliphatic carbocycles. The number of nitrogens with zero attached hydrogens (tertiary/aromatic N) is 2. The number of fused-ring (bicyclic) bond motifs is 1. The molecule has 0 atom stereocenters. The van der Waals surface area contributed by atoms with Crippen LogP contribution in [0.15, 0.2) is 18.2 Å². The Morgan fingerprint density at radius 3 is 2.27 bits per heavy atom. The van der Waals surface area contributed by atoms with Crippen LogP contribution in [0.4, 0.5) is 0 Å².